The van der Waals surface area contributed by atoms with E-state index in [0.29, 0.717) is 0 Å². The van der Waals surface area contributed by atoms with Gasteiger partial charge in [0.15, 0.2) is 0 Å². The maximum absolute atomic E-state index is 4.55. The molecule has 2 aromatic heterocycles. The summed E-state index contributed by atoms with van der Waals surface area (Å²) in [6, 6.07) is 10.5. The van der Waals surface area contributed by atoms with Crippen LogP contribution in [0.3, 0.4) is 0 Å². The zero-order valence-electron chi connectivity index (χ0n) is 12.2. The second-order valence-electron chi connectivity index (χ2n) is 5.03. The molecule has 0 spiro atoms. The Morgan fingerprint density at radius 3 is 2.81 bits per heavy atom. The molecule has 1 atom stereocenters. The van der Waals surface area contributed by atoms with E-state index in [0.717, 1.165) is 28.8 Å². The van der Waals surface area contributed by atoms with Crippen molar-refractivity contribution in [3.05, 3.63) is 65.9 Å². The van der Waals surface area contributed by atoms with Crippen LogP contribution in [-0.4, -0.2) is 21.5 Å². The molecule has 0 radical (unpaired) electrons. The van der Waals surface area contributed by atoms with Gasteiger partial charge in [-0.15, -0.1) is 0 Å². The lowest BCUT2D eigenvalue weighted by molar-refractivity contribution is 0.613. The van der Waals surface area contributed by atoms with Gasteiger partial charge in [0.05, 0.1) is 23.4 Å². The maximum Gasteiger partial charge on any atom is 0.0801 e. The first-order valence-corrected chi connectivity index (χ1v) is 7.14. The van der Waals surface area contributed by atoms with Crippen LogP contribution < -0.4 is 5.32 Å². The third-order valence-corrected chi connectivity index (χ3v) is 3.47. The summed E-state index contributed by atoms with van der Waals surface area (Å²) in [4.78, 5) is 13.1. The first kappa shape index (κ1) is 13.6. The van der Waals surface area contributed by atoms with Crippen molar-refractivity contribution in [2.24, 2.45) is 0 Å². The Morgan fingerprint density at radius 1 is 1.14 bits per heavy atom. The number of hydrogen-bond donors (Lipinski definition) is 1. The van der Waals surface area contributed by atoms with Gasteiger partial charge in [0.2, 0.25) is 0 Å². The molecular formula is C17H18N4. The largest absolute Gasteiger partial charge is 0.305 e. The van der Waals surface area contributed by atoms with Crippen LogP contribution in [-0.2, 0) is 0 Å². The molecule has 21 heavy (non-hydrogen) atoms. The molecule has 0 aliphatic rings. The van der Waals surface area contributed by atoms with Gasteiger partial charge in [-0.1, -0.05) is 19.1 Å². The summed E-state index contributed by atoms with van der Waals surface area (Å²) < 4.78 is 0. The lowest BCUT2D eigenvalue weighted by Crippen LogP contribution is -2.23. The van der Waals surface area contributed by atoms with Gasteiger partial charge in [-0.25, -0.2) is 0 Å². The van der Waals surface area contributed by atoms with Crippen LogP contribution in [0.1, 0.15) is 29.9 Å². The van der Waals surface area contributed by atoms with Crippen LogP contribution in [0.15, 0.2) is 48.9 Å². The summed E-state index contributed by atoms with van der Waals surface area (Å²) in [5.74, 6) is 0. The van der Waals surface area contributed by atoms with E-state index in [1.54, 1.807) is 12.4 Å². The zero-order valence-corrected chi connectivity index (χ0v) is 12.2. The van der Waals surface area contributed by atoms with Crippen molar-refractivity contribution >= 4 is 10.9 Å². The van der Waals surface area contributed by atoms with Crippen LogP contribution in [0, 0.1) is 6.92 Å². The van der Waals surface area contributed by atoms with Crippen molar-refractivity contribution in [3.8, 4) is 0 Å². The second kappa shape index (κ2) is 5.97. The van der Waals surface area contributed by atoms with Gasteiger partial charge < -0.3 is 5.32 Å². The molecule has 0 fully saturated rings. The van der Waals surface area contributed by atoms with Gasteiger partial charge in [-0.2, -0.15) is 0 Å². The first-order chi connectivity index (χ1) is 10.3. The van der Waals surface area contributed by atoms with Crippen LogP contribution in [0.4, 0.5) is 0 Å². The summed E-state index contributed by atoms with van der Waals surface area (Å²) in [5, 5.41) is 4.61. The molecule has 4 nitrogen and oxygen atoms in total. The third-order valence-electron chi connectivity index (χ3n) is 3.47. The van der Waals surface area contributed by atoms with E-state index in [-0.39, 0.29) is 6.04 Å². The lowest BCUT2D eigenvalue weighted by atomic mass is 10.0. The molecule has 0 saturated heterocycles. The molecule has 0 aliphatic heterocycles. The molecule has 0 aliphatic carbocycles. The van der Waals surface area contributed by atoms with Crippen molar-refractivity contribution in [3.63, 3.8) is 0 Å². The molecule has 0 bridgehead atoms. The standard InChI is InChI=1S/C17H18N4/c1-3-19-17(16-11-18-8-9-20-16)14-6-7-15-13(10-14)5-4-12(2)21-15/h4-11,17,19H,3H2,1-2H3. The van der Waals surface area contributed by atoms with Crippen LogP contribution in [0.2, 0.25) is 0 Å². The highest BCUT2D eigenvalue weighted by Gasteiger charge is 2.15. The van der Waals surface area contributed by atoms with E-state index >= 15 is 0 Å². The van der Waals surface area contributed by atoms with Crippen LogP contribution >= 0.6 is 0 Å². The topological polar surface area (TPSA) is 50.7 Å². The molecule has 106 valence electrons. The third kappa shape index (κ3) is 2.90. The Bertz CT molecular complexity index is 740. The minimum absolute atomic E-state index is 0.0504. The number of hydrogen-bond acceptors (Lipinski definition) is 4. The molecule has 1 N–H and O–H groups in total. The average Bonchev–Trinajstić information content (AvgIpc) is 2.53. The average molecular weight is 278 g/mol. The summed E-state index contributed by atoms with van der Waals surface area (Å²) in [6.45, 7) is 4.97. The normalized spacial score (nSPS) is 12.5. The van der Waals surface area contributed by atoms with Crippen LogP contribution in [0.25, 0.3) is 10.9 Å². The molecule has 1 aromatic carbocycles. The number of benzene rings is 1. The molecule has 0 saturated carbocycles. The number of nitrogens with one attached hydrogen (secondary N) is 1. The van der Waals surface area contributed by atoms with Crippen molar-refractivity contribution < 1.29 is 0 Å². The second-order valence-corrected chi connectivity index (χ2v) is 5.03. The molecule has 3 aromatic rings. The van der Waals surface area contributed by atoms with Crippen LogP contribution in [0.5, 0.6) is 0 Å². The highest BCUT2D eigenvalue weighted by molar-refractivity contribution is 5.79. The van der Waals surface area contributed by atoms with E-state index in [1.807, 2.05) is 19.2 Å². The molecule has 4 heteroatoms. The van der Waals surface area contributed by atoms with Crippen molar-refractivity contribution in [2.45, 2.75) is 19.9 Å². The van der Waals surface area contributed by atoms with Crippen molar-refractivity contribution in [1.82, 2.24) is 20.3 Å². The zero-order chi connectivity index (χ0) is 14.7. The summed E-state index contributed by atoms with van der Waals surface area (Å²) in [5.41, 5.74) is 4.16. The predicted molar refractivity (Wildman–Crippen MR) is 84.0 cm³/mol. The van der Waals surface area contributed by atoms with Gasteiger partial charge in [0.1, 0.15) is 0 Å². The molecule has 2 heterocycles. The van der Waals surface area contributed by atoms with Gasteiger partial charge in [-0.3, -0.25) is 15.0 Å². The van der Waals surface area contributed by atoms with Crippen molar-refractivity contribution in [1.29, 1.82) is 0 Å². The molecule has 0 amide bonds. The monoisotopic (exact) mass is 278 g/mol. The summed E-state index contributed by atoms with van der Waals surface area (Å²) >= 11 is 0. The van der Waals surface area contributed by atoms with E-state index in [9.17, 15) is 0 Å². The molecule has 3 rings (SSSR count). The molecule has 1 unspecified atom stereocenters. The quantitative estimate of drug-likeness (QED) is 0.797. The van der Waals surface area contributed by atoms with E-state index in [4.69, 9.17) is 0 Å². The number of aryl methyl sites for hydroxylation is 1. The van der Waals surface area contributed by atoms with E-state index < -0.39 is 0 Å². The highest BCUT2D eigenvalue weighted by atomic mass is 14.9. The number of aromatic nitrogens is 3. The van der Waals surface area contributed by atoms with Crippen molar-refractivity contribution in [2.75, 3.05) is 6.54 Å². The van der Waals surface area contributed by atoms with E-state index in [1.165, 1.54) is 5.56 Å². The maximum atomic E-state index is 4.55. The minimum Gasteiger partial charge on any atom is -0.305 e. The Balaban J connectivity index is 2.05. The Kier molecular flexibility index (Phi) is 3.88. The highest BCUT2D eigenvalue weighted by Crippen LogP contribution is 2.23. The fourth-order valence-corrected chi connectivity index (χ4v) is 2.48. The van der Waals surface area contributed by atoms with Gasteiger partial charge in [-0.05, 0) is 37.2 Å². The van der Waals surface area contributed by atoms with Gasteiger partial charge in [0.25, 0.3) is 0 Å². The molecular weight excluding hydrogens is 260 g/mol. The van der Waals surface area contributed by atoms with Gasteiger partial charge in [0, 0.05) is 23.5 Å². The Labute approximate surface area is 124 Å². The summed E-state index contributed by atoms with van der Waals surface area (Å²) in [6.07, 6.45) is 5.23. The lowest BCUT2D eigenvalue weighted by Gasteiger charge is -2.18. The minimum atomic E-state index is 0.0504. The fourth-order valence-electron chi connectivity index (χ4n) is 2.48. The van der Waals surface area contributed by atoms with Gasteiger partial charge >= 0.3 is 0 Å². The number of rotatable bonds is 4. The first-order valence-electron chi connectivity index (χ1n) is 7.14. The Morgan fingerprint density at radius 2 is 2.05 bits per heavy atom. The Hall–Kier alpha value is -2.33. The number of pyridine rings is 1. The smallest absolute Gasteiger partial charge is 0.0801 e. The predicted octanol–water partition coefficient (Wildman–Crippen LogP) is 3.03. The number of nitrogens with zero attached hydrogens (tertiary/aromatic N) is 3. The SMILES string of the molecule is CCNC(c1ccc2nc(C)ccc2c1)c1cnccn1. The summed E-state index contributed by atoms with van der Waals surface area (Å²) in [7, 11) is 0. The number of fused-ring (bicyclic) bond motifs is 1. The van der Waals surface area contributed by atoms with E-state index in [2.05, 4.69) is 51.5 Å². The fraction of sp³-hybridized carbons (Fsp3) is 0.235.